The molecular weight excluding hydrogens is 170 g/mol. The van der Waals surface area contributed by atoms with Crippen LogP contribution in [-0.2, 0) is 9.53 Å². The second-order valence-electron chi connectivity index (χ2n) is 3.89. The average molecular weight is 185 g/mol. The van der Waals surface area contributed by atoms with Gasteiger partial charge in [0.25, 0.3) is 0 Å². The van der Waals surface area contributed by atoms with Crippen LogP contribution in [0.4, 0.5) is 0 Å². The van der Waals surface area contributed by atoms with Crippen molar-refractivity contribution in [3.8, 4) is 0 Å². The first kappa shape index (κ1) is 8.97. The number of carbonyl (C=O) groups is 1. The molecule has 0 bridgehead atoms. The van der Waals surface area contributed by atoms with Crippen LogP contribution in [0.15, 0.2) is 0 Å². The van der Waals surface area contributed by atoms with E-state index < -0.39 is 5.97 Å². The van der Waals surface area contributed by atoms with E-state index in [1.54, 1.807) is 0 Å². The first-order valence-electron chi connectivity index (χ1n) is 4.82. The third-order valence-corrected chi connectivity index (χ3v) is 2.85. The number of carboxylic acid groups (broad SMARTS) is 1. The van der Waals surface area contributed by atoms with E-state index in [9.17, 15) is 4.79 Å². The van der Waals surface area contributed by atoms with Crippen molar-refractivity contribution in [1.29, 1.82) is 0 Å². The van der Waals surface area contributed by atoms with Crippen LogP contribution in [0.5, 0.6) is 0 Å². The summed E-state index contributed by atoms with van der Waals surface area (Å²) < 4.78 is 5.07. The van der Waals surface area contributed by atoms with Gasteiger partial charge in [0.15, 0.2) is 0 Å². The van der Waals surface area contributed by atoms with Crippen LogP contribution in [-0.4, -0.2) is 48.3 Å². The second-order valence-corrected chi connectivity index (χ2v) is 3.89. The molecule has 0 aromatic carbocycles. The molecule has 0 aromatic rings. The summed E-state index contributed by atoms with van der Waals surface area (Å²) in [7, 11) is 0. The Morgan fingerprint density at radius 1 is 1.54 bits per heavy atom. The van der Waals surface area contributed by atoms with E-state index >= 15 is 0 Å². The van der Waals surface area contributed by atoms with Crippen LogP contribution in [0.1, 0.15) is 12.8 Å². The fourth-order valence-corrected chi connectivity index (χ4v) is 2.05. The summed E-state index contributed by atoms with van der Waals surface area (Å²) in [5, 5.41) is 8.91. The molecule has 13 heavy (non-hydrogen) atoms. The summed E-state index contributed by atoms with van der Waals surface area (Å²) >= 11 is 0. The third kappa shape index (κ3) is 1.84. The Morgan fingerprint density at radius 3 is 2.85 bits per heavy atom. The lowest BCUT2D eigenvalue weighted by Crippen LogP contribution is -2.44. The molecule has 0 radical (unpaired) electrons. The fourth-order valence-electron chi connectivity index (χ4n) is 2.05. The topological polar surface area (TPSA) is 49.8 Å². The van der Waals surface area contributed by atoms with Gasteiger partial charge in [0.1, 0.15) is 6.04 Å². The van der Waals surface area contributed by atoms with Gasteiger partial charge < -0.3 is 9.84 Å². The van der Waals surface area contributed by atoms with Gasteiger partial charge in [-0.1, -0.05) is 0 Å². The number of ether oxygens (including phenoxy) is 1. The summed E-state index contributed by atoms with van der Waals surface area (Å²) in [5.74, 6) is -0.0994. The molecule has 0 spiro atoms. The van der Waals surface area contributed by atoms with Crippen molar-refractivity contribution in [2.45, 2.75) is 18.9 Å². The number of carboxylic acids is 1. The number of hydrogen-bond donors (Lipinski definition) is 1. The quantitative estimate of drug-likeness (QED) is 0.681. The van der Waals surface area contributed by atoms with Crippen LogP contribution in [0, 0.1) is 5.92 Å². The van der Waals surface area contributed by atoms with E-state index in [-0.39, 0.29) is 6.04 Å². The Labute approximate surface area is 77.5 Å². The molecule has 2 aliphatic rings. The minimum atomic E-state index is -0.669. The molecule has 0 aromatic heterocycles. The van der Waals surface area contributed by atoms with Crippen molar-refractivity contribution < 1.29 is 14.6 Å². The molecule has 1 atom stereocenters. The Bertz CT molecular complexity index is 203. The van der Waals surface area contributed by atoms with Crippen LogP contribution < -0.4 is 0 Å². The molecule has 2 fully saturated rings. The smallest absolute Gasteiger partial charge is 0.320 e. The highest BCUT2D eigenvalue weighted by atomic mass is 16.5. The third-order valence-electron chi connectivity index (χ3n) is 2.85. The van der Waals surface area contributed by atoms with Gasteiger partial charge in [-0.2, -0.15) is 0 Å². The largest absolute Gasteiger partial charge is 0.480 e. The SMILES string of the molecule is O=C(O)C1CCCN1CC1COC1. The Balaban J connectivity index is 1.85. The normalized spacial score (nSPS) is 30.3. The fraction of sp³-hybridized carbons (Fsp3) is 0.889. The minimum absolute atomic E-state index is 0.236. The molecule has 2 heterocycles. The van der Waals surface area contributed by atoms with E-state index in [4.69, 9.17) is 9.84 Å². The van der Waals surface area contributed by atoms with Gasteiger partial charge in [-0.05, 0) is 19.4 Å². The molecule has 2 saturated heterocycles. The van der Waals surface area contributed by atoms with Crippen molar-refractivity contribution in [3.63, 3.8) is 0 Å². The molecule has 4 heteroatoms. The maximum absolute atomic E-state index is 10.8. The van der Waals surface area contributed by atoms with Crippen molar-refractivity contribution in [2.75, 3.05) is 26.3 Å². The van der Waals surface area contributed by atoms with E-state index in [0.717, 1.165) is 39.1 Å². The van der Waals surface area contributed by atoms with Crippen LogP contribution in [0.25, 0.3) is 0 Å². The van der Waals surface area contributed by atoms with Crippen molar-refractivity contribution in [1.82, 2.24) is 4.90 Å². The Morgan fingerprint density at radius 2 is 2.31 bits per heavy atom. The molecule has 2 aliphatic heterocycles. The average Bonchev–Trinajstić information content (AvgIpc) is 2.44. The van der Waals surface area contributed by atoms with E-state index in [1.165, 1.54) is 0 Å². The van der Waals surface area contributed by atoms with E-state index in [2.05, 4.69) is 4.90 Å². The second kappa shape index (κ2) is 3.64. The number of hydrogen-bond acceptors (Lipinski definition) is 3. The van der Waals surface area contributed by atoms with Crippen molar-refractivity contribution in [3.05, 3.63) is 0 Å². The van der Waals surface area contributed by atoms with Crippen LogP contribution in [0.3, 0.4) is 0 Å². The van der Waals surface area contributed by atoms with Gasteiger partial charge in [0.05, 0.1) is 13.2 Å². The molecule has 74 valence electrons. The predicted octanol–water partition coefficient (Wildman–Crippen LogP) is 0.182. The maximum atomic E-state index is 10.8. The summed E-state index contributed by atoms with van der Waals surface area (Å²) in [5.41, 5.74) is 0. The zero-order valence-corrected chi connectivity index (χ0v) is 7.61. The van der Waals surface area contributed by atoms with E-state index in [1.807, 2.05) is 0 Å². The summed E-state index contributed by atoms with van der Waals surface area (Å²) in [6.45, 7) is 3.45. The highest BCUT2D eigenvalue weighted by Crippen LogP contribution is 2.21. The lowest BCUT2D eigenvalue weighted by atomic mass is 10.1. The first-order valence-corrected chi connectivity index (χ1v) is 4.82. The van der Waals surface area contributed by atoms with Crippen molar-refractivity contribution in [2.24, 2.45) is 5.92 Å². The highest BCUT2D eigenvalue weighted by molar-refractivity contribution is 5.73. The lowest BCUT2D eigenvalue weighted by Gasteiger charge is -2.31. The molecule has 0 saturated carbocycles. The number of rotatable bonds is 3. The summed E-state index contributed by atoms with van der Waals surface area (Å²) in [6.07, 6.45) is 1.83. The number of aliphatic carboxylic acids is 1. The number of nitrogens with zero attached hydrogens (tertiary/aromatic N) is 1. The standard InChI is InChI=1S/C9H15NO3/c11-9(12)8-2-1-3-10(8)4-7-5-13-6-7/h7-8H,1-6H2,(H,11,12). The molecule has 0 amide bonds. The molecule has 4 nitrogen and oxygen atoms in total. The van der Waals surface area contributed by atoms with Gasteiger partial charge in [-0.25, -0.2) is 0 Å². The number of likely N-dealkylation sites (tertiary alicyclic amines) is 1. The van der Waals surface area contributed by atoms with Gasteiger partial charge in [-0.3, -0.25) is 9.69 Å². The first-order chi connectivity index (χ1) is 6.27. The summed E-state index contributed by atoms with van der Waals surface area (Å²) in [4.78, 5) is 12.9. The Kier molecular flexibility index (Phi) is 2.51. The molecule has 2 rings (SSSR count). The highest BCUT2D eigenvalue weighted by Gasteiger charge is 2.33. The zero-order chi connectivity index (χ0) is 9.26. The molecule has 1 N–H and O–H groups in total. The van der Waals surface area contributed by atoms with Crippen molar-refractivity contribution >= 4 is 5.97 Å². The molecular formula is C9H15NO3. The predicted molar refractivity (Wildman–Crippen MR) is 46.5 cm³/mol. The maximum Gasteiger partial charge on any atom is 0.320 e. The zero-order valence-electron chi connectivity index (χ0n) is 7.61. The van der Waals surface area contributed by atoms with Gasteiger partial charge in [0, 0.05) is 12.5 Å². The lowest BCUT2D eigenvalue weighted by molar-refractivity contribution is -0.143. The van der Waals surface area contributed by atoms with Gasteiger partial charge >= 0.3 is 5.97 Å². The Hall–Kier alpha value is -0.610. The molecule has 0 aliphatic carbocycles. The summed E-state index contributed by atoms with van der Waals surface area (Å²) in [6, 6.07) is -0.236. The minimum Gasteiger partial charge on any atom is -0.480 e. The van der Waals surface area contributed by atoms with Gasteiger partial charge in [0.2, 0.25) is 0 Å². The molecule has 1 unspecified atom stereocenters. The van der Waals surface area contributed by atoms with Gasteiger partial charge in [-0.15, -0.1) is 0 Å². The van der Waals surface area contributed by atoms with Crippen LogP contribution in [0.2, 0.25) is 0 Å². The van der Waals surface area contributed by atoms with Crippen LogP contribution >= 0.6 is 0 Å². The monoisotopic (exact) mass is 185 g/mol. The van der Waals surface area contributed by atoms with E-state index in [0.29, 0.717) is 5.92 Å².